The average Bonchev–Trinajstić information content (AvgIpc) is 2.37. The minimum Gasteiger partial charge on any atom is -0.393 e. The van der Waals surface area contributed by atoms with E-state index >= 15 is 0 Å². The SMILES string of the molecule is CC(O)CC(C)CNC(=O)C(C)Cc1ccccc1F. The number of halogens is 1. The third kappa shape index (κ3) is 5.70. The lowest BCUT2D eigenvalue weighted by atomic mass is 9.99. The van der Waals surface area contributed by atoms with Gasteiger partial charge in [0, 0.05) is 12.5 Å². The molecule has 0 saturated heterocycles. The van der Waals surface area contributed by atoms with Crippen LogP contribution >= 0.6 is 0 Å². The molecular formula is C16H24FNO2. The Morgan fingerprint density at radius 2 is 1.95 bits per heavy atom. The van der Waals surface area contributed by atoms with Crippen LogP contribution in [-0.4, -0.2) is 23.7 Å². The van der Waals surface area contributed by atoms with Crippen molar-refractivity contribution in [3.05, 3.63) is 35.6 Å². The van der Waals surface area contributed by atoms with Gasteiger partial charge in [0.15, 0.2) is 0 Å². The maximum absolute atomic E-state index is 13.5. The Labute approximate surface area is 120 Å². The van der Waals surface area contributed by atoms with Gasteiger partial charge in [0.1, 0.15) is 5.82 Å². The fraction of sp³-hybridized carbons (Fsp3) is 0.562. The zero-order chi connectivity index (χ0) is 15.1. The van der Waals surface area contributed by atoms with E-state index in [1.807, 2.05) is 6.92 Å². The highest BCUT2D eigenvalue weighted by atomic mass is 19.1. The van der Waals surface area contributed by atoms with Gasteiger partial charge in [0.2, 0.25) is 5.91 Å². The van der Waals surface area contributed by atoms with Crippen LogP contribution in [0, 0.1) is 17.7 Å². The zero-order valence-electron chi connectivity index (χ0n) is 12.4. The number of aliphatic hydroxyl groups is 1. The maximum atomic E-state index is 13.5. The van der Waals surface area contributed by atoms with Crippen molar-refractivity contribution in [1.29, 1.82) is 0 Å². The molecule has 2 N–H and O–H groups in total. The van der Waals surface area contributed by atoms with E-state index < -0.39 is 0 Å². The van der Waals surface area contributed by atoms with Crippen molar-refractivity contribution in [2.75, 3.05) is 6.54 Å². The van der Waals surface area contributed by atoms with E-state index in [1.54, 1.807) is 32.0 Å². The molecule has 3 unspecified atom stereocenters. The first kappa shape index (κ1) is 16.6. The summed E-state index contributed by atoms with van der Waals surface area (Å²) in [5.74, 6) is -0.398. The summed E-state index contributed by atoms with van der Waals surface area (Å²) in [6, 6.07) is 6.52. The van der Waals surface area contributed by atoms with Crippen molar-refractivity contribution in [2.24, 2.45) is 11.8 Å². The fourth-order valence-electron chi connectivity index (χ4n) is 2.20. The highest BCUT2D eigenvalue weighted by Gasteiger charge is 2.16. The molecule has 4 heteroatoms. The van der Waals surface area contributed by atoms with E-state index in [0.29, 0.717) is 24.9 Å². The molecule has 0 saturated carbocycles. The van der Waals surface area contributed by atoms with Crippen LogP contribution in [0.15, 0.2) is 24.3 Å². The van der Waals surface area contributed by atoms with Crippen LogP contribution in [0.3, 0.4) is 0 Å². The van der Waals surface area contributed by atoms with Gasteiger partial charge in [-0.1, -0.05) is 32.0 Å². The van der Waals surface area contributed by atoms with Crippen molar-refractivity contribution in [3.8, 4) is 0 Å². The number of hydrogen-bond acceptors (Lipinski definition) is 2. The van der Waals surface area contributed by atoms with Crippen LogP contribution < -0.4 is 5.32 Å². The van der Waals surface area contributed by atoms with Crippen LogP contribution in [0.25, 0.3) is 0 Å². The number of rotatable bonds is 7. The summed E-state index contributed by atoms with van der Waals surface area (Å²) >= 11 is 0. The van der Waals surface area contributed by atoms with Crippen molar-refractivity contribution in [1.82, 2.24) is 5.32 Å². The molecular weight excluding hydrogens is 257 g/mol. The summed E-state index contributed by atoms with van der Waals surface area (Å²) in [5.41, 5.74) is 0.562. The average molecular weight is 281 g/mol. The lowest BCUT2D eigenvalue weighted by molar-refractivity contribution is -0.124. The van der Waals surface area contributed by atoms with E-state index in [9.17, 15) is 14.3 Å². The summed E-state index contributed by atoms with van der Waals surface area (Å²) in [7, 11) is 0. The normalized spacial score (nSPS) is 15.4. The quantitative estimate of drug-likeness (QED) is 0.807. The predicted octanol–water partition coefficient (Wildman–Crippen LogP) is 2.53. The van der Waals surface area contributed by atoms with E-state index in [-0.39, 0.29) is 29.7 Å². The number of nitrogens with one attached hydrogen (secondary N) is 1. The second-order valence-corrected chi connectivity index (χ2v) is 5.63. The Hall–Kier alpha value is -1.42. The summed E-state index contributed by atoms with van der Waals surface area (Å²) in [5, 5.41) is 12.1. The van der Waals surface area contributed by atoms with Gasteiger partial charge in [-0.3, -0.25) is 4.79 Å². The molecule has 20 heavy (non-hydrogen) atoms. The first-order valence-corrected chi connectivity index (χ1v) is 7.09. The molecule has 0 spiro atoms. The molecule has 0 aliphatic carbocycles. The number of benzene rings is 1. The first-order valence-electron chi connectivity index (χ1n) is 7.09. The summed E-state index contributed by atoms with van der Waals surface area (Å²) < 4.78 is 13.5. The van der Waals surface area contributed by atoms with Crippen molar-refractivity contribution >= 4 is 5.91 Å². The van der Waals surface area contributed by atoms with Crippen molar-refractivity contribution in [2.45, 2.75) is 39.7 Å². The minimum atomic E-state index is -0.363. The van der Waals surface area contributed by atoms with E-state index in [1.165, 1.54) is 6.07 Å². The number of hydrogen-bond donors (Lipinski definition) is 2. The molecule has 112 valence electrons. The standard InChI is InChI=1S/C16H24FNO2/c1-11(8-13(3)19)10-18-16(20)12(2)9-14-6-4-5-7-15(14)17/h4-7,11-13,19H,8-10H2,1-3H3,(H,18,20). The van der Waals surface area contributed by atoms with Gasteiger partial charge in [-0.25, -0.2) is 4.39 Å². The summed E-state index contributed by atoms with van der Waals surface area (Å²) in [4.78, 5) is 12.0. The lowest BCUT2D eigenvalue weighted by Crippen LogP contribution is -2.34. The molecule has 1 aromatic rings. The number of carbonyl (C=O) groups excluding carboxylic acids is 1. The Kier molecular flexibility index (Phi) is 6.65. The Bertz CT molecular complexity index is 434. The first-order chi connectivity index (χ1) is 9.40. The molecule has 1 aromatic carbocycles. The molecule has 3 nitrogen and oxygen atoms in total. The van der Waals surface area contributed by atoms with Gasteiger partial charge < -0.3 is 10.4 Å². The fourth-order valence-corrected chi connectivity index (χ4v) is 2.20. The topological polar surface area (TPSA) is 49.3 Å². The second-order valence-electron chi connectivity index (χ2n) is 5.63. The number of aliphatic hydroxyl groups excluding tert-OH is 1. The van der Waals surface area contributed by atoms with Crippen molar-refractivity contribution in [3.63, 3.8) is 0 Å². The van der Waals surface area contributed by atoms with Crippen molar-refractivity contribution < 1.29 is 14.3 Å². The van der Waals surface area contributed by atoms with Gasteiger partial charge in [-0.2, -0.15) is 0 Å². The molecule has 0 radical (unpaired) electrons. The maximum Gasteiger partial charge on any atom is 0.223 e. The summed E-state index contributed by atoms with van der Waals surface area (Å²) in [6.07, 6.45) is 0.684. The number of carbonyl (C=O) groups is 1. The predicted molar refractivity (Wildman–Crippen MR) is 77.7 cm³/mol. The molecule has 1 amide bonds. The van der Waals surface area contributed by atoms with Gasteiger partial charge in [-0.05, 0) is 37.3 Å². The largest absolute Gasteiger partial charge is 0.393 e. The molecule has 0 fully saturated rings. The molecule has 0 aliphatic heterocycles. The molecule has 0 bridgehead atoms. The van der Waals surface area contributed by atoms with E-state index in [2.05, 4.69) is 5.32 Å². The molecule has 1 rings (SSSR count). The monoisotopic (exact) mass is 281 g/mol. The Morgan fingerprint density at radius 3 is 2.55 bits per heavy atom. The third-order valence-electron chi connectivity index (χ3n) is 3.30. The summed E-state index contributed by atoms with van der Waals surface area (Å²) in [6.45, 7) is 6.04. The van der Waals surface area contributed by atoms with E-state index in [0.717, 1.165) is 0 Å². The van der Waals surface area contributed by atoms with Crippen LogP contribution in [0.1, 0.15) is 32.8 Å². The van der Waals surface area contributed by atoms with Crippen LogP contribution in [0.2, 0.25) is 0 Å². The highest BCUT2D eigenvalue weighted by Crippen LogP contribution is 2.13. The zero-order valence-corrected chi connectivity index (χ0v) is 12.4. The van der Waals surface area contributed by atoms with E-state index in [4.69, 9.17) is 0 Å². The van der Waals surface area contributed by atoms with Crippen LogP contribution in [-0.2, 0) is 11.2 Å². The van der Waals surface area contributed by atoms with Gasteiger partial charge >= 0.3 is 0 Å². The third-order valence-corrected chi connectivity index (χ3v) is 3.30. The number of amides is 1. The molecule has 0 heterocycles. The molecule has 3 atom stereocenters. The highest BCUT2D eigenvalue weighted by molar-refractivity contribution is 5.78. The van der Waals surface area contributed by atoms with Gasteiger partial charge in [0.05, 0.1) is 6.10 Å². The molecule has 0 aromatic heterocycles. The van der Waals surface area contributed by atoms with Gasteiger partial charge in [-0.15, -0.1) is 0 Å². The Balaban J connectivity index is 2.42. The van der Waals surface area contributed by atoms with Crippen LogP contribution in [0.4, 0.5) is 4.39 Å². The van der Waals surface area contributed by atoms with Crippen LogP contribution in [0.5, 0.6) is 0 Å². The lowest BCUT2D eigenvalue weighted by Gasteiger charge is -2.17. The Morgan fingerprint density at radius 1 is 1.30 bits per heavy atom. The second kappa shape index (κ2) is 8.00. The van der Waals surface area contributed by atoms with Gasteiger partial charge in [0.25, 0.3) is 0 Å². The smallest absolute Gasteiger partial charge is 0.223 e. The minimum absolute atomic E-state index is 0.0781. The molecule has 0 aliphatic rings.